The van der Waals surface area contributed by atoms with Gasteiger partial charge in [-0.3, -0.25) is 4.57 Å². The van der Waals surface area contributed by atoms with Gasteiger partial charge in [-0.15, -0.1) is 0 Å². The molecule has 0 unspecified atom stereocenters. The molecule has 0 saturated carbocycles. The molecule has 274 valence electrons. The summed E-state index contributed by atoms with van der Waals surface area (Å²) in [5.41, 5.74) is 12.6. The lowest BCUT2D eigenvalue weighted by molar-refractivity contribution is 0.668. The molecule has 0 bridgehead atoms. The number of para-hydroxylation sites is 4. The van der Waals surface area contributed by atoms with Gasteiger partial charge in [0.25, 0.3) is 0 Å². The zero-order valence-corrected chi connectivity index (χ0v) is 31.7. The molecular formula is C54H32N4O. The molecule has 4 aromatic heterocycles. The summed E-state index contributed by atoms with van der Waals surface area (Å²) in [6.45, 7) is 0. The van der Waals surface area contributed by atoms with Crippen LogP contribution in [0.3, 0.4) is 0 Å². The maximum atomic E-state index is 6.40. The molecule has 0 aliphatic heterocycles. The average molecular weight is 753 g/mol. The molecule has 0 N–H and O–H groups in total. The van der Waals surface area contributed by atoms with Gasteiger partial charge in [-0.1, -0.05) is 133 Å². The highest BCUT2D eigenvalue weighted by atomic mass is 16.3. The lowest BCUT2D eigenvalue weighted by Gasteiger charge is -2.13. The van der Waals surface area contributed by atoms with Crippen LogP contribution in [0.5, 0.6) is 0 Å². The predicted octanol–water partition coefficient (Wildman–Crippen LogP) is 14.2. The van der Waals surface area contributed by atoms with Crippen molar-refractivity contribution < 1.29 is 4.42 Å². The molecule has 13 aromatic rings. The Morgan fingerprint density at radius 1 is 0.356 bits per heavy atom. The molecule has 0 saturated heterocycles. The number of benzene rings is 9. The first-order valence-electron chi connectivity index (χ1n) is 20.0. The summed E-state index contributed by atoms with van der Waals surface area (Å²) in [4.78, 5) is 10.5. The van der Waals surface area contributed by atoms with E-state index in [1.54, 1.807) is 0 Å². The van der Waals surface area contributed by atoms with Crippen LogP contribution in [0.25, 0.3) is 121 Å². The topological polar surface area (TPSA) is 48.8 Å². The van der Waals surface area contributed by atoms with Gasteiger partial charge in [0.05, 0.1) is 33.3 Å². The Hall–Kier alpha value is -8.02. The van der Waals surface area contributed by atoms with Crippen molar-refractivity contribution in [1.82, 2.24) is 19.1 Å². The van der Waals surface area contributed by atoms with E-state index in [2.05, 4.69) is 179 Å². The summed E-state index contributed by atoms with van der Waals surface area (Å²) < 4.78 is 11.0. The number of hydrogen-bond donors (Lipinski definition) is 0. The lowest BCUT2D eigenvalue weighted by Crippen LogP contribution is -2.03. The van der Waals surface area contributed by atoms with Gasteiger partial charge in [-0.25, -0.2) is 9.97 Å². The van der Waals surface area contributed by atoms with Gasteiger partial charge < -0.3 is 8.98 Å². The Morgan fingerprint density at radius 3 is 1.81 bits per heavy atom. The van der Waals surface area contributed by atoms with Gasteiger partial charge >= 0.3 is 0 Å². The van der Waals surface area contributed by atoms with E-state index in [0.29, 0.717) is 5.95 Å². The van der Waals surface area contributed by atoms with E-state index < -0.39 is 0 Å². The molecule has 0 fully saturated rings. The SMILES string of the molecule is c1ccc(-c2nc(-n3c4ccccc4c4cc(-c5cc6c7ccccc7n(-c7ccc8c(c7)oc7ccccc78)c6c6ccccc56)ccc43)nc3ccccc23)cc1. The highest BCUT2D eigenvalue weighted by Crippen LogP contribution is 2.44. The second kappa shape index (κ2) is 12.2. The zero-order valence-electron chi connectivity index (χ0n) is 31.7. The molecule has 5 nitrogen and oxygen atoms in total. The second-order valence-electron chi connectivity index (χ2n) is 15.3. The highest BCUT2D eigenvalue weighted by Gasteiger charge is 2.21. The molecule has 0 aliphatic rings. The van der Waals surface area contributed by atoms with Crippen molar-refractivity contribution in [2.75, 3.05) is 0 Å². The summed E-state index contributed by atoms with van der Waals surface area (Å²) in [5, 5.41) is 10.4. The number of aromatic nitrogens is 4. The molecule has 59 heavy (non-hydrogen) atoms. The molecule has 0 aliphatic carbocycles. The van der Waals surface area contributed by atoms with Gasteiger partial charge in [0.2, 0.25) is 5.95 Å². The van der Waals surface area contributed by atoms with E-state index in [1.165, 1.54) is 32.6 Å². The van der Waals surface area contributed by atoms with E-state index in [-0.39, 0.29) is 0 Å². The molecule has 13 rings (SSSR count). The minimum absolute atomic E-state index is 0.655. The minimum Gasteiger partial charge on any atom is -0.456 e. The third-order valence-corrected chi connectivity index (χ3v) is 12.1. The van der Waals surface area contributed by atoms with Crippen LogP contribution in [0.15, 0.2) is 199 Å². The van der Waals surface area contributed by atoms with Crippen LogP contribution in [0, 0.1) is 0 Å². The normalized spacial score (nSPS) is 12.1. The van der Waals surface area contributed by atoms with E-state index in [9.17, 15) is 0 Å². The van der Waals surface area contributed by atoms with Crippen molar-refractivity contribution in [1.29, 1.82) is 0 Å². The Bertz CT molecular complexity index is 3850. The molecule has 5 heteroatoms. The maximum absolute atomic E-state index is 6.40. The monoisotopic (exact) mass is 752 g/mol. The maximum Gasteiger partial charge on any atom is 0.235 e. The molecule has 0 spiro atoms. The molecule has 0 radical (unpaired) electrons. The minimum atomic E-state index is 0.655. The fraction of sp³-hybridized carbons (Fsp3) is 0. The zero-order chi connectivity index (χ0) is 38.6. The first kappa shape index (κ1) is 32.1. The molecule has 0 amide bonds. The lowest BCUT2D eigenvalue weighted by atomic mass is 9.94. The Balaban J connectivity index is 1.05. The van der Waals surface area contributed by atoms with Crippen LogP contribution in [0.2, 0.25) is 0 Å². The van der Waals surface area contributed by atoms with Gasteiger partial charge in [-0.2, -0.15) is 0 Å². The van der Waals surface area contributed by atoms with Crippen LogP contribution < -0.4 is 0 Å². The van der Waals surface area contributed by atoms with E-state index in [1.807, 2.05) is 24.3 Å². The fourth-order valence-electron chi connectivity index (χ4n) is 9.52. The second-order valence-corrected chi connectivity index (χ2v) is 15.3. The quantitative estimate of drug-likeness (QED) is 0.180. The summed E-state index contributed by atoms with van der Waals surface area (Å²) in [6.07, 6.45) is 0. The summed E-state index contributed by atoms with van der Waals surface area (Å²) in [6, 6.07) is 69.0. The van der Waals surface area contributed by atoms with Crippen LogP contribution >= 0.6 is 0 Å². The van der Waals surface area contributed by atoms with E-state index in [0.717, 1.165) is 82.7 Å². The van der Waals surface area contributed by atoms with Crippen LogP contribution in [0.4, 0.5) is 0 Å². The van der Waals surface area contributed by atoms with Gasteiger partial charge in [0.15, 0.2) is 0 Å². The summed E-state index contributed by atoms with van der Waals surface area (Å²) >= 11 is 0. The van der Waals surface area contributed by atoms with Crippen LogP contribution in [0.1, 0.15) is 0 Å². The fourth-order valence-corrected chi connectivity index (χ4v) is 9.52. The third-order valence-electron chi connectivity index (χ3n) is 12.1. The number of furan rings is 1. The van der Waals surface area contributed by atoms with E-state index in [4.69, 9.17) is 14.4 Å². The predicted molar refractivity (Wildman–Crippen MR) is 244 cm³/mol. The van der Waals surface area contributed by atoms with Crippen LogP contribution in [-0.2, 0) is 0 Å². The number of rotatable bonds is 4. The smallest absolute Gasteiger partial charge is 0.235 e. The van der Waals surface area contributed by atoms with Crippen LogP contribution in [-0.4, -0.2) is 19.1 Å². The summed E-state index contributed by atoms with van der Waals surface area (Å²) in [7, 11) is 0. The first-order valence-corrected chi connectivity index (χ1v) is 20.0. The van der Waals surface area contributed by atoms with Crippen molar-refractivity contribution in [3.8, 4) is 34.0 Å². The first-order chi connectivity index (χ1) is 29.3. The Kier molecular flexibility index (Phi) is 6.66. The van der Waals surface area contributed by atoms with Crippen molar-refractivity contribution in [2.24, 2.45) is 0 Å². The molecule has 9 aromatic carbocycles. The number of nitrogens with zero attached hydrogens (tertiary/aromatic N) is 4. The van der Waals surface area contributed by atoms with Crippen molar-refractivity contribution >= 4 is 87.2 Å². The van der Waals surface area contributed by atoms with Crippen molar-refractivity contribution in [2.45, 2.75) is 0 Å². The number of fused-ring (bicyclic) bond motifs is 12. The van der Waals surface area contributed by atoms with Gasteiger partial charge in [0, 0.05) is 60.4 Å². The average Bonchev–Trinajstić information content (AvgIpc) is 3.96. The van der Waals surface area contributed by atoms with Crippen molar-refractivity contribution in [3.05, 3.63) is 194 Å². The largest absolute Gasteiger partial charge is 0.456 e. The van der Waals surface area contributed by atoms with Gasteiger partial charge in [0.1, 0.15) is 11.2 Å². The molecular weight excluding hydrogens is 721 g/mol. The van der Waals surface area contributed by atoms with Crippen molar-refractivity contribution in [3.63, 3.8) is 0 Å². The number of hydrogen-bond acceptors (Lipinski definition) is 3. The standard InChI is InChI=1S/C54H32N4O/c1-2-14-33(15-3-1)52-42-21-6-10-22-46(42)55-54(56-52)58-48-24-12-7-17-37(48)44-30-34(26-29-49(44)58)43-32-45-38-18-8-11-23-47(38)57(53(45)41-20-5-4-16-36(41)43)35-27-28-40-39-19-9-13-25-50(39)59-51(40)31-35/h1-32H. The van der Waals surface area contributed by atoms with E-state index >= 15 is 0 Å². The molecule has 0 atom stereocenters. The molecule has 4 heterocycles. The summed E-state index contributed by atoms with van der Waals surface area (Å²) in [5.74, 6) is 0.655. The highest BCUT2D eigenvalue weighted by molar-refractivity contribution is 6.23. The Morgan fingerprint density at radius 2 is 0.983 bits per heavy atom. The Labute approximate surface area is 337 Å². The third kappa shape index (κ3) is 4.67. The van der Waals surface area contributed by atoms with Gasteiger partial charge in [-0.05, 0) is 71.1 Å².